The first-order valence-corrected chi connectivity index (χ1v) is 9.01. The van der Waals surface area contributed by atoms with Gasteiger partial charge in [-0.25, -0.2) is 0 Å². The fourth-order valence-corrected chi connectivity index (χ4v) is 3.09. The fraction of sp³-hybridized carbons (Fsp3) is 0.0952. The van der Waals surface area contributed by atoms with Crippen LogP contribution in [0.4, 0.5) is 17.1 Å². The third-order valence-electron chi connectivity index (χ3n) is 4.00. The van der Waals surface area contributed by atoms with Gasteiger partial charge in [0.15, 0.2) is 5.75 Å². The summed E-state index contributed by atoms with van der Waals surface area (Å²) in [4.78, 5) is 12.9. The molecule has 3 rings (SSSR count). The number of ether oxygens (including phenoxy) is 1. The molecule has 0 saturated carbocycles. The second-order valence-corrected chi connectivity index (χ2v) is 6.74. The molecule has 0 aromatic heterocycles. The monoisotopic (exact) mass is 400 g/mol. The number of aryl methyl sites for hydroxylation is 1. The van der Waals surface area contributed by atoms with Crippen molar-refractivity contribution in [2.45, 2.75) is 6.92 Å². The molecule has 138 valence electrons. The normalized spacial score (nSPS) is 10.4. The minimum Gasteiger partial charge on any atom is -0.494 e. The lowest BCUT2D eigenvalue weighted by atomic mass is 10.1. The largest absolute Gasteiger partial charge is 0.494 e. The Hall–Kier alpha value is -2.69. The van der Waals surface area contributed by atoms with Gasteiger partial charge in [-0.1, -0.05) is 53.0 Å². The van der Waals surface area contributed by atoms with Gasteiger partial charge in [0, 0.05) is 5.69 Å². The molecular weight excluding hydrogens is 383 g/mol. The summed E-state index contributed by atoms with van der Waals surface area (Å²) in [6.45, 7) is 2.03. The van der Waals surface area contributed by atoms with Crippen LogP contribution in [-0.4, -0.2) is 13.0 Å². The standard InChI is InChI=1S/C21H18Cl2N2O2/c1-13-7-9-14(10-8-13)24-17-5-3-4-6-18(17)25-21(26)19-15(22)11-12-16(23)20(19)27-2/h3-12,24H,1-2H3,(H,25,26). The Kier molecular flexibility index (Phi) is 5.89. The number of amides is 1. The molecule has 0 saturated heterocycles. The molecule has 0 radical (unpaired) electrons. The van der Waals surface area contributed by atoms with E-state index in [0.29, 0.717) is 10.7 Å². The summed E-state index contributed by atoms with van der Waals surface area (Å²) in [6.07, 6.45) is 0. The summed E-state index contributed by atoms with van der Waals surface area (Å²) >= 11 is 12.3. The fourth-order valence-electron chi connectivity index (χ4n) is 2.62. The van der Waals surface area contributed by atoms with Gasteiger partial charge in [0.05, 0.1) is 28.5 Å². The molecule has 2 N–H and O–H groups in total. The van der Waals surface area contributed by atoms with Crippen LogP contribution in [0.5, 0.6) is 5.75 Å². The van der Waals surface area contributed by atoms with Crippen LogP contribution >= 0.6 is 23.2 Å². The van der Waals surface area contributed by atoms with Crippen molar-refractivity contribution in [2.24, 2.45) is 0 Å². The number of anilines is 3. The maximum Gasteiger partial charge on any atom is 0.261 e. The van der Waals surface area contributed by atoms with Crippen molar-refractivity contribution in [3.63, 3.8) is 0 Å². The predicted molar refractivity (Wildman–Crippen MR) is 112 cm³/mol. The van der Waals surface area contributed by atoms with Crippen LogP contribution in [-0.2, 0) is 0 Å². The molecule has 0 spiro atoms. The maximum absolute atomic E-state index is 12.9. The molecule has 3 aromatic carbocycles. The molecule has 0 atom stereocenters. The van der Waals surface area contributed by atoms with Crippen LogP contribution < -0.4 is 15.4 Å². The molecule has 0 bridgehead atoms. The minimum absolute atomic E-state index is 0.191. The van der Waals surface area contributed by atoms with Gasteiger partial charge in [-0.05, 0) is 43.3 Å². The van der Waals surface area contributed by atoms with Crippen LogP contribution in [0.15, 0.2) is 60.7 Å². The van der Waals surface area contributed by atoms with Gasteiger partial charge in [-0.3, -0.25) is 4.79 Å². The zero-order valence-corrected chi connectivity index (χ0v) is 16.4. The number of carbonyl (C=O) groups is 1. The van der Waals surface area contributed by atoms with Crippen LogP contribution in [0, 0.1) is 6.92 Å². The lowest BCUT2D eigenvalue weighted by Crippen LogP contribution is -2.15. The first-order chi connectivity index (χ1) is 13.0. The lowest BCUT2D eigenvalue weighted by molar-refractivity contribution is 0.102. The van der Waals surface area contributed by atoms with E-state index in [9.17, 15) is 4.79 Å². The molecule has 0 fully saturated rings. The molecule has 0 heterocycles. The van der Waals surface area contributed by atoms with Gasteiger partial charge in [-0.2, -0.15) is 0 Å². The highest BCUT2D eigenvalue weighted by Gasteiger charge is 2.20. The van der Waals surface area contributed by atoms with E-state index in [1.54, 1.807) is 18.2 Å². The molecular formula is C21H18Cl2N2O2. The van der Waals surface area contributed by atoms with E-state index in [1.807, 2.05) is 49.4 Å². The zero-order chi connectivity index (χ0) is 19.4. The quantitative estimate of drug-likeness (QED) is 0.527. The number of carbonyl (C=O) groups excluding carboxylic acids is 1. The van der Waals surface area contributed by atoms with E-state index < -0.39 is 5.91 Å². The SMILES string of the molecule is COc1c(Cl)ccc(Cl)c1C(=O)Nc1ccccc1Nc1ccc(C)cc1. The Morgan fingerprint density at radius 2 is 1.52 bits per heavy atom. The average molecular weight is 401 g/mol. The van der Waals surface area contributed by atoms with Crippen molar-refractivity contribution in [3.8, 4) is 5.75 Å². The highest BCUT2D eigenvalue weighted by molar-refractivity contribution is 6.37. The molecule has 0 unspecified atom stereocenters. The van der Waals surface area contributed by atoms with E-state index in [1.165, 1.54) is 12.7 Å². The van der Waals surface area contributed by atoms with Crippen molar-refractivity contribution >= 4 is 46.2 Å². The Morgan fingerprint density at radius 3 is 2.19 bits per heavy atom. The van der Waals surface area contributed by atoms with Gasteiger partial charge < -0.3 is 15.4 Å². The van der Waals surface area contributed by atoms with Crippen molar-refractivity contribution < 1.29 is 9.53 Å². The third kappa shape index (κ3) is 4.35. The average Bonchev–Trinajstić information content (AvgIpc) is 2.66. The Labute approximate surface area is 168 Å². The summed E-state index contributed by atoms with van der Waals surface area (Å²) in [5, 5.41) is 6.76. The minimum atomic E-state index is -0.405. The molecule has 4 nitrogen and oxygen atoms in total. The van der Waals surface area contributed by atoms with Crippen LogP contribution in [0.2, 0.25) is 10.0 Å². The third-order valence-corrected chi connectivity index (χ3v) is 4.61. The first-order valence-electron chi connectivity index (χ1n) is 8.25. The highest BCUT2D eigenvalue weighted by Crippen LogP contribution is 2.35. The predicted octanol–water partition coefficient (Wildman–Crippen LogP) is 6.31. The highest BCUT2D eigenvalue weighted by atomic mass is 35.5. The number of rotatable bonds is 5. The Morgan fingerprint density at radius 1 is 0.889 bits per heavy atom. The van der Waals surface area contributed by atoms with Gasteiger partial charge >= 0.3 is 0 Å². The van der Waals surface area contributed by atoms with Crippen LogP contribution in [0.3, 0.4) is 0 Å². The van der Waals surface area contributed by atoms with Gasteiger partial charge in [0.1, 0.15) is 5.56 Å². The molecule has 3 aromatic rings. The zero-order valence-electron chi connectivity index (χ0n) is 14.8. The van der Waals surface area contributed by atoms with Crippen LogP contribution in [0.1, 0.15) is 15.9 Å². The second kappa shape index (κ2) is 8.33. The van der Waals surface area contributed by atoms with E-state index in [-0.39, 0.29) is 16.3 Å². The van der Waals surface area contributed by atoms with Crippen LogP contribution in [0.25, 0.3) is 0 Å². The number of halogens is 2. The van der Waals surface area contributed by atoms with Crippen molar-refractivity contribution in [3.05, 3.63) is 81.8 Å². The first kappa shape index (κ1) is 19.1. The second-order valence-electron chi connectivity index (χ2n) is 5.93. The van der Waals surface area contributed by atoms with Crippen molar-refractivity contribution in [2.75, 3.05) is 17.7 Å². The summed E-state index contributed by atoms with van der Waals surface area (Å²) in [5.74, 6) is -0.164. The van der Waals surface area contributed by atoms with Gasteiger partial charge in [-0.15, -0.1) is 0 Å². The molecule has 0 aliphatic carbocycles. The van der Waals surface area contributed by atoms with E-state index in [0.717, 1.165) is 11.4 Å². The number of hydrogen-bond donors (Lipinski definition) is 2. The van der Waals surface area contributed by atoms with Gasteiger partial charge in [0.25, 0.3) is 5.91 Å². The van der Waals surface area contributed by atoms with E-state index >= 15 is 0 Å². The number of para-hydroxylation sites is 2. The summed E-state index contributed by atoms with van der Waals surface area (Å²) in [5.41, 5.74) is 3.65. The number of benzene rings is 3. The number of hydrogen-bond acceptors (Lipinski definition) is 3. The Bertz CT molecular complexity index is 972. The molecule has 0 aliphatic rings. The number of nitrogens with one attached hydrogen (secondary N) is 2. The summed E-state index contributed by atoms with van der Waals surface area (Å²) in [7, 11) is 1.45. The Balaban J connectivity index is 1.90. The molecule has 6 heteroatoms. The smallest absolute Gasteiger partial charge is 0.261 e. The lowest BCUT2D eigenvalue weighted by Gasteiger charge is -2.15. The van der Waals surface area contributed by atoms with Gasteiger partial charge in [0.2, 0.25) is 0 Å². The number of methoxy groups -OCH3 is 1. The molecule has 27 heavy (non-hydrogen) atoms. The maximum atomic E-state index is 12.9. The van der Waals surface area contributed by atoms with E-state index in [4.69, 9.17) is 27.9 Å². The molecule has 0 aliphatic heterocycles. The summed E-state index contributed by atoms with van der Waals surface area (Å²) < 4.78 is 5.26. The van der Waals surface area contributed by atoms with Crippen molar-refractivity contribution in [1.82, 2.24) is 0 Å². The van der Waals surface area contributed by atoms with Crippen molar-refractivity contribution in [1.29, 1.82) is 0 Å². The topological polar surface area (TPSA) is 50.4 Å². The van der Waals surface area contributed by atoms with E-state index in [2.05, 4.69) is 10.6 Å². The molecule has 1 amide bonds. The summed E-state index contributed by atoms with van der Waals surface area (Å²) in [6, 6.07) is 18.6.